The highest BCUT2D eigenvalue weighted by Gasteiger charge is 2.29. The molecule has 33 heavy (non-hydrogen) atoms. The SMILES string of the molecule is COc1ccc(N(CC(=O)N[C@H]2CCCc3ccccc32)S(=O)(=O)c2ccccc2)cc1Cl. The number of sulfonamides is 1. The van der Waals surface area contributed by atoms with E-state index in [9.17, 15) is 13.2 Å². The normalized spacial score (nSPS) is 15.4. The van der Waals surface area contributed by atoms with Crippen LogP contribution in [0.5, 0.6) is 5.75 Å². The number of amides is 1. The Hall–Kier alpha value is -3.03. The lowest BCUT2D eigenvalue weighted by Crippen LogP contribution is -2.42. The third kappa shape index (κ3) is 4.99. The number of halogens is 1. The van der Waals surface area contributed by atoms with Crippen LogP contribution in [0.15, 0.2) is 77.7 Å². The molecule has 1 aliphatic rings. The van der Waals surface area contributed by atoms with E-state index < -0.39 is 10.0 Å². The summed E-state index contributed by atoms with van der Waals surface area (Å²) >= 11 is 6.27. The summed E-state index contributed by atoms with van der Waals surface area (Å²) in [6.45, 7) is -0.376. The van der Waals surface area contributed by atoms with E-state index in [-0.39, 0.29) is 34.1 Å². The van der Waals surface area contributed by atoms with E-state index in [1.807, 2.05) is 18.2 Å². The zero-order chi connectivity index (χ0) is 23.4. The number of anilines is 1. The summed E-state index contributed by atoms with van der Waals surface area (Å²) in [5.41, 5.74) is 2.58. The van der Waals surface area contributed by atoms with E-state index in [4.69, 9.17) is 16.3 Å². The molecule has 0 aromatic heterocycles. The number of hydrogen-bond donors (Lipinski definition) is 1. The molecule has 3 aromatic rings. The summed E-state index contributed by atoms with van der Waals surface area (Å²) in [7, 11) is -2.53. The third-order valence-electron chi connectivity index (χ3n) is 5.75. The van der Waals surface area contributed by atoms with Crippen molar-refractivity contribution in [1.29, 1.82) is 0 Å². The van der Waals surface area contributed by atoms with Gasteiger partial charge >= 0.3 is 0 Å². The molecule has 6 nitrogen and oxygen atoms in total. The van der Waals surface area contributed by atoms with Crippen molar-refractivity contribution < 1.29 is 17.9 Å². The molecule has 1 aliphatic carbocycles. The average Bonchev–Trinajstić information content (AvgIpc) is 2.83. The van der Waals surface area contributed by atoms with Gasteiger partial charge in [-0.05, 0) is 60.7 Å². The molecule has 0 radical (unpaired) electrons. The maximum atomic E-state index is 13.5. The predicted molar refractivity (Wildman–Crippen MR) is 129 cm³/mol. The number of hydrogen-bond acceptors (Lipinski definition) is 4. The van der Waals surface area contributed by atoms with Gasteiger partial charge in [-0.3, -0.25) is 9.10 Å². The maximum absolute atomic E-state index is 13.5. The molecular formula is C25H25ClN2O4S. The predicted octanol–water partition coefficient (Wildman–Crippen LogP) is 4.74. The molecule has 1 atom stereocenters. The Bertz CT molecular complexity index is 1250. The van der Waals surface area contributed by atoms with Gasteiger partial charge in [-0.25, -0.2) is 8.42 Å². The first-order valence-corrected chi connectivity index (χ1v) is 12.5. The number of benzene rings is 3. The van der Waals surface area contributed by atoms with Gasteiger partial charge in [0.2, 0.25) is 5.91 Å². The van der Waals surface area contributed by atoms with Crippen molar-refractivity contribution in [2.75, 3.05) is 18.0 Å². The van der Waals surface area contributed by atoms with Gasteiger partial charge in [0.05, 0.1) is 28.8 Å². The van der Waals surface area contributed by atoms with Crippen molar-refractivity contribution >= 4 is 33.2 Å². The van der Waals surface area contributed by atoms with Crippen LogP contribution in [0.4, 0.5) is 5.69 Å². The molecule has 4 rings (SSSR count). The van der Waals surface area contributed by atoms with Crippen LogP contribution in [0.3, 0.4) is 0 Å². The first-order valence-electron chi connectivity index (χ1n) is 10.7. The second-order valence-electron chi connectivity index (χ2n) is 7.85. The van der Waals surface area contributed by atoms with Gasteiger partial charge in [-0.2, -0.15) is 0 Å². The molecule has 0 heterocycles. The first-order chi connectivity index (χ1) is 15.9. The lowest BCUT2D eigenvalue weighted by molar-refractivity contribution is -0.120. The van der Waals surface area contributed by atoms with Crippen molar-refractivity contribution in [3.8, 4) is 5.75 Å². The second kappa shape index (κ2) is 9.85. The van der Waals surface area contributed by atoms with Crippen molar-refractivity contribution in [2.45, 2.75) is 30.2 Å². The number of fused-ring (bicyclic) bond motifs is 1. The quantitative estimate of drug-likeness (QED) is 0.525. The minimum atomic E-state index is -4.01. The standard InChI is InChI=1S/C25H25ClN2O4S/c1-32-24-15-14-19(16-22(24)26)28(33(30,31)20-10-3-2-4-11-20)17-25(29)27-23-13-7-9-18-8-5-6-12-21(18)23/h2-6,8,10-12,14-16,23H,7,9,13,17H2,1H3,(H,27,29)/t23-/m0/s1. The van der Waals surface area contributed by atoms with Crippen molar-refractivity contribution in [3.63, 3.8) is 0 Å². The van der Waals surface area contributed by atoms with Gasteiger partial charge < -0.3 is 10.1 Å². The largest absolute Gasteiger partial charge is 0.495 e. The Morgan fingerprint density at radius 2 is 1.82 bits per heavy atom. The molecule has 1 N–H and O–H groups in total. The fraction of sp³-hybridized carbons (Fsp3) is 0.240. The Balaban J connectivity index is 1.64. The van der Waals surface area contributed by atoms with Gasteiger partial charge in [-0.1, -0.05) is 54.1 Å². The van der Waals surface area contributed by atoms with E-state index >= 15 is 0 Å². The van der Waals surface area contributed by atoms with Crippen LogP contribution in [-0.2, 0) is 21.2 Å². The number of nitrogens with zero attached hydrogens (tertiary/aromatic N) is 1. The minimum Gasteiger partial charge on any atom is -0.495 e. The van der Waals surface area contributed by atoms with Gasteiger partial charge in [0, 0.05) is 0 Å². The van der Waals surface area contributed by atoms with Crippen molar-refractivity contribution in [3.05, 3.63) is 88.9 Å². The zero-order valence-electron chi connectivity index (χ0n) is 18.2. The fourth-order valence-electron chi connectivity index (χ4n) is 4.12. The summed E-state index contributed by atoms with van der Waals surface area (Å²) in [4.78, 5) is 13.2. The van der Waals surface area contributed by atoms with Crippen molar-refractivity contribution in [1.82, 2.24) is 5.32 Å². The number of methoxy groups -OCH3 is 1. The lowest BCUT2D eigenvalue weighted by Gasteiger charge is -2.29. The zero-order valence-corrected chi connectivity index (χ0v) is 19.8. The number of aryl methyl sites for hydroxylation is 1. The van der Waals surface area contributed by atoms with Crippen molar-refractivity contribution in [2.24, 2.45) is 0 Å². The third-order valence-corrected chi connectivity index (χ3v) is 7.83. The Morgan fingerprint density at radius 3 is 2.55 bits per heavy atom. The van der Waals surface area contributed by atoms with Crippen LogP contribution in [0.2, 0.25) is 5.02 Å². The molecule has 0 spiro atoms. The van der Waals surface area contributed by atoms with Gasteiger partial charge in [0.15, 0.2) is 0 Å². The topological polar surface area (TPSA) is 75.7 Å². The summed E-state index contributed by atoms with van der Waals surface area (Å²) in [6.07, 6.45) is 2.74. The van der Waals surface area contributed by atoms with Crippen LogP contribution in [-0.4, -0.2) is 28.0 Å². The van der Waals surface area contributed by atoms with Crippen LogP contribution in [0.25, 0.3) is 0 Å². The molecule has 0 saturated carbocycles. The number of rotatable bonds is 7. The number of carbonyl (C=O) groups excluding carboxylic acids is 1. The van der Waals surface area contributed by atoms with Gasteiger partial charge in [0.1, 0.15) is 12.3 Å². The number of nitrogens with one attached hydrogen (secondary N) is 1. The number of ether oxygens (including phenoxy) is 1. The highest BCUT2D eigenvalue weighted by atomic mass is 35.5. The summed E-state index contributed by atoms with van der Waals surface area (Å²) < 4.78 is 33.3. The van der Waals surface area contributed by atoms with E-state index in [2.05, 4.69) is 11.4 Å². The fourth-order valence-corrected chi connectivity index (χ4v) is 5.81. The molecule has 1 amide bonds. The summed E-state index contributed by atoms with van der Waals surface area (Å²) in [5, 5.41) is 3.29. The monoisotopic (exact) mass is 484 g/mol. The van der Waals surface area contributed by atoms with E-state index in [1.54, 1.807) is 30.3 Å². The van der Waals surface area contributed by atoms with Gasteiger partial charge in [0.25, 0.3) is 10.0 Å². The Labute approximate surface area is 199 Å². The molecule has 8 heteroatoms. The van der Waals surface area contributed by atoms with E-state index in [0.717, 1.165) is 29.1 Å². The maximum Gasteiger partial charge on any atom is 0.264 e. The molecule has 3 aromatic carbocycles. The minimum absolute atomic E-state index is 0.0905. The van der Waals surface area contributed by atoms with Crippen LogP contribution < -0.4 is 14.4 Å². The molecule has 0 fully saturated rings. The number of carbonyl (C=O) groups is 1. The first kappa shape index (κ1) is 23.1. The summed E-state index contributed by atoms with van der Waals surface area (Å²) in [6, 6.07) is 20.6. The van der Waals surface area contributed by atoms with E-state index in [1.165, 1.54) is 30.9 Å². The Kier molecular flexibility index (Phi) is 6.91. The highest BCUT2D eigenvalue weighted by molar-refractivity contribution is 7.92. The van der Waals surface area contributed by atoms with Gasteiger partial charge in [-0.15, -0.1) is 0 Å². The highest BCUT2D eigenvalue weighted by Crippen LogP contribution is 2.33. The van der Waals surface area contributed by atoms with Crippen LogP contribution in [0, 0.1) is 0 Å². The molecular weight excluding hydrogens is 460 g/mol. The Morgan fingerprint density at radius 1 is 1.09 bits per heavy atom. The molecule has 0 unspecified atom stereocenters. The molecule has 0 saturated heterocycles. The van der Waals surface area contributed by atoms with E-state index in [0.29, 0.717) is 5.75 Å². The smallest absolute Gasteiger partial charge is 0.264 e. The van der Waals surface area contributed by atoms with Crippen LogP contribution in [0.1, 0.15) is 30.0 Å². The summed E-state index contributed by atoms with van der Waals surface area (Å²) in [5.74, 6) is 0.0314. The van der Waals surface area contributed by atoms with Crippen LogP contribution >= 0.6 is 11.6 Å². The molecule has 0 aliphatic heterocycles. The average molecular weight is 485 g/mol. The molecule has 0 bridgehead atoms. The lowest BCUT2D eigenvalue weighted by atomic mass is 9.88. The second-order valence-corrected chi connectivity index (χ2v) is 10.1. The molecule has 172 valence electrons.